The minimum absolute atomic E-state index is 0.223. The third kappa shape index (κ3) is 10.6. The molecular weight excluding hydrogens is 969 g/mol. The standard InChI is InChI=1S/C20H22O9.C12H16O5.C10H12O5.C8H6O4/c1-5-9-13(17(21)25-3)15(18(22)26-4)11(27-9)7-8-12-16-14(10(6-2)28-12)19(23)29-20(16)24;1-5-7-9(11(13)15-3)10(12(14)16-4)8(6-2)17-7;1-13-9(11)7-5-3-4-6(15-5)8(7)10(12)14-2;9-7-5-3-1-2-4(11-3)6(5)8(10)12-7/h5-16H,1-2H2,3-4H3;5-10H,1-2H2,3-4H3;3-8H,1-2H3;1-6H/b8-7-;;;. The van der Waals surface area contributed by atoms with Gasteiger partial charge < -0.3 is 61.6 Å². The van der Waals surface area contributed by atoms with E-state index in [1.807, 2.05) is 12.2 Å². The van der Waals surface area contributed by atoms with E-state index < -0.39 is 144 Å². The van der Waals surface area contributed by atoms with Crippen LogP contribution in [0.4, 0.5) is 0 Å². The van der Waals surface area contributed by atoms with Crippen molar-refractivity contribution in [2.24, 2.45) is 59.2 Å². The van der Waals surface area contributed by atoms with Crippen LogP contribution >= 0.6 is 0 Å². The number of carbonyl (C=O) groups is 10. The highest BCUT2D eigenvalue weighted by molar-refractivity contribution is 5.99. The second kappa shape index (κ2) is 23.7. The lowest BCUT2D eigenvalue weighted by Gasteiger charge is -2.20. The minimum atomic E-state index is -0.976. The fraction of sp³-hybridized carbons (Fsp3) is 0.520. The van der Waals surface area contributed by atoms with Gasteiger partial charge in [0.1, 0.15) is 59.2 Å². The van der Waals surface area contributed by atoms with E-state index in [1.165, 1.54) is 79.1 Å². The minimum Gasteiger partial charge on any atom is -0.469 e. The van der Waals surface area contributed by atoms with Gasteiger partial charge in [-0.3, -0.25) is 47.9 Å². The van der Waals surface area contributed by atoms with Gasteiger partial charge in [0.05, 0.1) is 104 Å². The van der Waals surface area contributed by atoms with Gasteiger partial charge in [-0.05, 0) is 0 Å². The number of cyclic esters (lactones) is 4. The summed E-state index contributed by atoms with van der Waals surface area (Å²) in [5.41, 5.74) is 0. The molecule has 0 aromatic carbocycles. The molecule has 0 aromatic rings. The van der Waals surface area contributed by atoms with Crippen LogP contribution in [0.5, 0.6) is 0 Å². The van der Waals surface area contributed by atoms with Crippen LogP contribution in [0.25, 0.3) is 0 Å². The molecule has 394 valence electrons. The van der Waals surface area contributed by atoms with Crippen molar-refractivity contribution >= 4 is 59.7 Å². The summed E-state index contributed by atoms with van der Waals surface area (Å²) in [4.78, 5) is 117. The summed E-state index contributed by atoms with van der Waals surface area (Å²) < 4.78 is 65.3. The van der Waals surface area contributed by atoms with E-state index in [0.717, 1.165) is 0 Å². The second-order valence-corrected chi connectivity index (χ2v) is 17.3. The Kier molecular flexibility index (Phi) is 18.0. The van der Waals surface area contributed by atoms with Gasteiger partial charge in [0.2, 0.25) is 0 Å². The lowest BCUT2D eigenvalue weighted by atomic mass is 9.83. The Morgan fingerprint density at radius 1 is 0.356 bits per heavy atom. The predicted octanol–water partition coefficient (Wildman–Crippen LogP) is 0.589. The first-order chi connectivity index (χ1) is 34.9. The quantitative estimate of drug-likeness (QED) is 0.112. The van der Waals surface area contributed by atoms with Crippen molar-refractivity contribution in [1.29, 1.82) is 0 Å². The van der Waals surface area contributed by atoms with Crippen LogP contribution in [0.15, 0.2) is 87.1 Å². The Bertz CT molecular complexity index is 2260. The number of rotatable bonds is 12. The largest absolute Gasteiger partial charge is 0.469 e. The van der Waals surface area contributed by atoms with E-state index in [2.05, 4.69) is 50.0 Å². The molecule has 0 saturated carbocycles. The fourth-order valence-corrected chi connectivity index (χ4v) is 10.3. The topological polar surface area (TPSA) is 291 Å². The molecule has 23 heteroatoms. The van der Waals surface area contributed by atoms with Crippen LogP contribution in [0.3, 0.4) is 0 Å². The molecule has 0 aliphatic carbocycles. The highest BCUT2D eigenvalue weighted by Gasteiger charge is 2.60. The van der Waals surface area contributed by atoms with Crippen molar-refractivity contribution in [3.63, 3.8) is 0 Å². The average molecular weight is 1020 g/mol. The first-order valence-electron chi connectivity index (χ1n) is 22.7. The molecule has 0 aromatic heterocycles. The van der Waals surface area contributed by atoms with Gasteiger partial charge in [-0.1, -0.05) is 60.8 Å². The Labute approximate surface area is 418 Å². The maximum atomic E-state index is 12.3. The summed E-state index contributed by atoms with van der Waals surface area (Å²) in [7, 11) is 7.54. The Morgan fingerprint density at radius 2 is 0.616 bits per heavy atom. The van der Waals surface area contributed by atoms with Crippen molar-refractivity contribution in [3.05, 3.63) is 87.1 Å². The van der Waals surface area contributed by atoms with Crippen LogP contribution in [-0.2, 0) is 110 Å². The van der Waals surface area contributed by atoms with E-state index in [-0.39, 0.29) is 36.3 Å². The number of hydrogen-bond donors (Lipinski definition) is 0. The number of fused-ring (bicyclic) bond motifs is 8. The van der Waals surface area contributed by atoms with Crippen molar-refractivity contribution in [2.75, 3.05) is 42.7 Å². The van der Waals surface area contributed by atoms with Crippen LogP contribution < -0.4 is 0 Å². The number of esters is 10. The summed E-state index contributed by atoms with van der Waals surface area (Å²) in [6.45, 7) is 14.4. The first kappa shape index (κ1) is 55.4. The average Bonchev–Trinajstić information content (AvgIpc) is 4.29. The van der Waals surface area contributed by atoms with Gasteiger partial charge in [0.15, 0.2) is 0 Å². The van der Waals surface area contributed by atoms with Crippen molar-refractivity contribution in [1.82, 2.24) is 0 Å². The summed E-state index contributed by atoms with van der Waals surface area (Å²) in [6, 6.07) is 0. The molecule has 20 unspecified atom stereocenters. The number of ether oxygens (including phenoxy) is 13. The third-order valence-corrected chi connectivity index (χ3v) is 13.8. The highest BCUT2D eigenvalue weighted by Crippen LogP contribution is 2.45. The van der Waals surface area contributed by atoms with E-state index in [1.54, 1.807) is 12.2 Å². The van der Waals surface area contributed by atoms with E-state index in [4.69, 9.17) is 37.9 Å². The van der Waals surface area contributed by atoms with Crippen molar-refractivity contribution < 1.29 is 110 Å². The maximum absolute atomic E-state index is 12.3. The number of hydrogen-bond acceptors (Lipinski definition) is 23. The molecule has 7 saturated heterocycles. The molecule has 4 bridgehead atoms. The molecule has 9 rings (SSSR count). The number of methoxy groups -OCH3 is 6. The number of carbonyl (C=O) groups excluding carboxylic acids is 10. The lowest BCUT2D eigenvalue weighted by molar-refractivity contribution is -0.158. The van der Waals surface area contributed by atoms with Gasteiger partial charge in [0.25, 0.3) is 0 Å². The predicted molar refractivity (Wildman–Crippen MR) is 241 cm³/mol. The van der Waals surface area contributed by atoms with Crippen LogP contribution in [-0.4, -0.2) is 163 Å². The molecule has 7 fully saturated rings. The molecule has 23 nitrogen and oxygen atoms in total. The highest BCUT2D eigenvalue weighted by atomic mass is 16.6. The third-order valence-electron chi connectivity index (χ3n) is 13.8. The van der Waals surface area contributed by atoms with Crippen LogP contribution in [0.1, 0.15) is 0 Å². The van der Waals surface area contributed by atoms with Gasteiger partial charge in [0, 0.05) is 0 Å². The first-order valence-corrected chi connectivity index (χ1v) is 22.7. The second-order valence-electron chi connectivity index (χ2n) is 17.3. The zero-order valence-corrected chi connectivity index (χ0v) is 40.5. The molecule has 73 heavy (non-hydrogen) atoms. The zero-order valence-electron chi connectivity index (χ0n) is 40.5. The SMILES string of the molecule is C=CC1OC(/C=C\C2OC(C=C)C3C(=O)OC(=O)C23)C(C(=O)OC)C1C(=O)OC.C=CC1OC(C=C)C(C(=O)OC)C1C(=O)OC.COC(=O)C1C2C=CC(O2)C1C(=O)OC.O=C1OC(=O)C2C3C=CC(O3)C12. The summed E-state index contributed by atoms with van der Waals surface area (Å²) in [5, 5.41) is 0. The molecule has 9 aliphatic heterocycles. The molecule has 9 heterocycles. The van der Waals surface area contributed by atoms with E-state index in [9.17, 15) is 47.9 Å². The fourth-order valence-electron chi connectivity index (χ4n) is 10.3. The molecule has 20 atom stereocenters. The molecule has 0 radical (unpaired) electrons. The Hall–Kier alpha value is -6.92. The zero-order chi connectivity index (χ0) is 53.6. The smallest absolute Gasteiger partial charge is 0.320 e. The van der Waals surface area contributed by atoms with Gasteiger partial charge in [-0.15, -0.1) is 26.3 Å². The van der Waals surface area contributed by atoms with Gasteiger partial charge in [-0.2, -0.15) is 0 Å². The van der Waals surface area contributed by atoms with E-state index >= 15 is 0 Å². The Morgan fingerprint density at radius 3 is 0.973 bits per heavy atom. The molecule has 0 N–H and O–H groups in total. The normalized spacial score (nSPS) is 38.2. The van der Waals surface area contributed by atoms with Gasteiger partial charge in [-0.25, -0.2) is 0 Å². The Balaban J connectivity index is 0.000000169. The van der Waals surface area contributed by atoms with Crippen LogP contribution in [0.2, 0.25) is 0 Å². The summed E-state index contributed by atoms with van der Waals surface area (Å²) in [5.74, 6) is -12.2. The maximum Gasteiger partial charge on any atom is 0.320 e. The van der Waals surface area contributed by atoms with Crippen LogP contribution in [0, 0.1) is 59.2 Å². The summed E-state index contributed by atoms with van der Waals surface area (Å²) >= 11 is 0. The molecule has 0 amide bonds. The molecule has 9 aliphatic rings. The van der Waals surface area contributed by atoms with Crippen molar-refractivity contribution in [2.45, 2.75) is 61.0 Å². The van der Waals surface area contributed by atoms with Crippen molar-refractivity contribution in [3.8, 4) is 0 Å². The molecule has 0 spiro atoms. The monoisotopic (exact) mass is 1020 g/mol. The summed E-state index contributed by atoms with van der Waals surface area (Å²) in [6.07, 6.45) is 10.7. The lowest BCUT2D eigenvalue weighted by Crippen LogP contribution is -2.37. The van der Waals surface area contributed by atoms with Gasteiger partial charge >= 0.3 is 59.7 Å². The molecular formula is C50H56O23. The van der Waals surface area contributed by atoms with E-state index in [0.29, 0.717) is 0 Å².